The van der Waals surface area contributed by atoms with Crippen molar-refractivity contribution in [3.8, 4) is 0 Å². The Morgan fingerprint density at radius 2 is 1.87 bits per heavy atom. The summed E-state index contributed by atoms with van der Waals surface area (Å²) in [5.41, 5.74) is 6.52. The number of amides is 1. The van der Waals surface area contributed by atoms with Gasteiger partial charge < -0.3 is 21.1 Å². The second kappa shape index (κ2) is 13.6. The van der Waals surface area contributed by atoms with Crippen molar-refractivity contribution in [1.29, 1.82) is 5.41 Å². The summed E-state index contributed by atoms with van der Waals surface area (Å²) in [6.45, 7) is 1.63. The lowest BCUT2D eigenvalue weighted by Crippen LogP contribution is -2.35. The highest BCUT2D eigenvalue weighted by atomic mass is 35.5. The number of nitrogens with one attached hydrogen (secondary N) is 5. The van der Waals surface area contributed by atoms with Crippen molar-refractivity contribution in [2.24, 2.45) is 5.73 Å². The average Bonchev–Trinajstić information content (AvgIpc) is 2.75. The molecular weight excluding hydrogens is 568 g/mol. The van der Waals surface area contributed by atoms with Crippen molar-refractivity contribution < 1.29 is 45.5 Å². The molecule has 0 unspecified atom stereocenters. The molecule has 0 aliphatic carbocycles. The minimum atomic E-state index is -5.08. The van der Waals surface area contributed by atoms with Crippen LogP contribution in [0.4, 0.5) is 23.2 Å². The largest absolute Gasteiger partial charge is 0.490 e. The van der Waals surface area contributed by atoms with Gasteiger partial charge in [0.25, 0.3) is 15.6 Å². The number of pyridine rings is 1. The number of anilines is 1. The molecule has 0 bridgehead atoms. The summed E-state index contributed by atoms with van der Waals surface area (Å²) < 4.78 is 72.5. The van der Waals surface area contributed by atoms with E-state index in [0.29, 0.717) is 5.69 Å². The Hall–Kier alpha value is -3.90. The van der Waals surface area contributed by atoms with E-state index >= 15 is 0 Å². The van der Waals surface area contributed by atoms with Gasteiger partial charge >= 0.3 is 12.1 Å². The number of aryl methyl sites for hydroxylation is 1. The number of carbonyl (C=O) groups excluding carboxylic acids is 1. The van der Waals surface area contributed by atoms with Gasteiger partial charge in [0.05, 0.1) is 18.1 Å². The van der Waals surface area contributed by atoms with E-state index in [9.17, 15) is 35.6 Å². The maximum Gasteiger partial charge on any atom is 0.490 e. The average molecular weight is 589 g/mol. The number of aromatic amines is 1. The molecule has 0 saturated heterocycles. The van der Waals surface area contributed by atoms with Crippen molar-refractivity contribution in [3.63, 3.8) is 0 Å². The number of aliphatic carboxylic acids is 1. The van der Waals surface area contributed by atoms with Gasteiger partial charge in [0.2, 0.25) is 11.9 Å². The van der Waals surface area contributed by atoms with Crippen LogP contribution in [-0.4, -0.2) is 55.7 Å². The van der Waals surface area contributed by atoms with E-state index in [0.717, 1.165) is 18.2 Å². The van der Waals surface area contributed by atoms with Gasteiger partial charge in [-0.25, -0.2) is 23.1 Å². The van der Waals surface area contributed by atoms with Gasteiger partial charge in [-0.3, -0.25) is 24.6 Å². The van der Waals surface area contributed by atoms with Crippen LogP contribution in [0.15, 0.2) is 34.0 Å². The molecule has 1 amide bonds. The predicted molar refractivity (Wildman–Crippen MR) is 125 cm³/mol. The third kappa shape index (κ3) is 10.6. The van der Waals surface area contributed by atoms with E-state index in [-0.39, 0.29) is 35.8 Å². The quantitative estimate of drug-likeness (QED) is 0.0729. The SMILES string of the molecule is Cc1cc(CC(=O)NCCONC(=N)N)c(NS(=O)(=O)c2ccc(F)cc2Cl)c(=O)[nH]1.O=C(O)C(F)(F)F. The highest BCUT2D eigenvalue weighted by Crippen LogP contribution is 2.25. The summed E-state index contributed by atoms with van der Waals surface area (Å²) in [7, 11) is -4.35. The number of carboxylic acids is 1. The first-order valence-corrected chi connectivity index (χ1v) is 11.8. The Morgan fingerprint density at radius 3 is 2.39 bits per heavy atom. The zero-order valence-electron chi connectivity index (χ0n) is 19.2. The molecule has 1 aromatic carbocycles. The van der Waals surface area contributed by atoms with Crippen LogP contribution in [0.2, 0.25) is 5.02 Å². The molecule has 8 N–H and O–H groups in total. The summed E-state index contributed by atoms with van der Waals surface area (Å²) in [6, 6.07) is 4.15. The second-order valence-corrected chi connectivity index (χ2v) is 9.11. The number of sulfonamides is 1. The molecule has 0 atom stereocenters. The van der Waals surface area contributed by atoms with Gasteiger partial charge in [0.1, 0.15) is 16.4 Å². The molecule has 210 valence electrons. The number of carbonyl (C=O) groups is 2. The molecule has 13 nitrogen and oxygen atoms in total. The number of guanidine groups is 1. The van der Waals surface area contributed by atoms with E-state index in [1.54, 1.807) is 6.92 Å². The Morgan fingerprint density at radius 1 is 1.26 bits per heavy atom. The van der Waals surface area contributed by atoms with E-state index in [4.69, 9.17) is 37.5 Å². The maximum atomic E-state index is 13.2. The van der Waals surface area contributed by atoms with Crippen LogP contribution in [0.3, 0.4) is 0 Å². The fraction of sp³-hybridized carbons (Fsp3) is 0.263. The van der Waals surface area contributed by atoms with Crippen molar-refractivity contribution >= 4 is 45.1 Å². The first-order valence-electron chi connectivity index (χ1n) is 9.93. The highest BCUT2D eigenvalue weighted by Gasteiger charge is 2.38. The molecule has 19 heteroatoms. The number of H-pyrrole nitrogens is 1. The fourth-order valence-electron chi connectivity index (χ4n) is 2.50. The van der Waals surface area contributed by atoms with E-state index in [1.807, 2.05) is 0 Å². The normalized spacial score (nSPS) is 11.1. The molecule has 0 aliphatic heterocycles. The summed E-state index contributed by atoms with van der Waals surface area (Å²) in [6.07, 6.45) is -5.40. The molecule has 2 rings (SSSR count). The first-order chi connectivity index (χ1) is 17.4. The van der Waals surface area contributed by atoms with Crippen LogP contribution in [0.1, 0.15) is 11.3 Å². The molecule has 0 radical (unpaired) electrons. The Balaban J connectivity index is 0.000000905. The number of nitrogens with two attached hydrogens (primary N) is 1. The number of halogens is 5. The lowest BCUT2D eigenvalue weighted by atomic mass is 10.1. The zero-order valence-corrected chi connectivity index (χ0v) is 20.8. The third-order valence-corrected chi connectivity index (χ3v) is 5.80. The third-order valence-electron chi connectivity index (χ3n) is 3.97. The Labute approximate surface area is 216 Å². The smallest absolute Gasteiger partial charge is 0.475 e. The first kappa shape index (κ1) is 32.1. The zero-order chi connectivity index (χ0) is 29.3. The van der Waals surface area contributed by atoms with E-state index in [1.165, 1.54) is 6.07 Å². The van der Waals surface area contributed by atoms with Crippen LogP contribution < -0.4 is 26.8 Å². The van der Waals surface area contributed by atoms with Crippen LogP contribution in [0.25, 0.3) is 0 Å². The number of alkyl halides is 3. The van der Waals surface area contributed by atoms with Crippen LogP contribution in [0, 0.1) is 18.2 Å². The molecule has 0 fully saturated rings. The highest BCUT2D eigenvalue weighted by molar-refractivity contribution is 7.92. The van der Waals surface area contributed by atoms with Crippen LogP contribution >= 0.6 is 11.6 Å². The Kier molecular flexibility index (Phi) is 11.5. The topological polar surface area (TPSA) is 217 Å². The summed E-state index contributed by atoms with van der Waals surface area (Å²) in [4.78, 5) is 40.3. The van der Waals surface area contributed by atoms with Crippen LogP contribution in [-0.2, 0) is 30.9 Å². The van der Waals surface area contributed by atoms with E-state index in [2.05, 4.69) is 20.5 Å². The molecule has 0 saturated carbocycles. The molecule has 38 heavy (non-hydrogen) atoms. The summed E-state index contributed by atoms with van der Waals surface area (Å²) in [5, 5.41) is 16.2. The van der Waals surface area contributed by atoms with Gasteiger partial charge in [-0.1, -0.05) is 11.6 Å². The van der Waals surface area contributed by atoms with Crippen molar-refractivity contribution in [3.05, 3.63) is 56.7 Å². The lowest BCUT2D eigenvalue weighted by molar-refractivity contribution is -0.192. The minimum absolute atomic E-state index is 0.00226. The number of hydrogen-bond donors (Lipinski definition) is 7. The Bertz CT molecular complexity index is 1350. The molecule has 2 aromatic rings. The minimum Gasteiger partial charge on any atom is -0.475 e. The lowest BCUT2D eigenvalue weighted by Gasteiger charge is -2.14. The van der Waals surface area contributed by atoms with Crippen molar-refractivity contribution in [1.82, 2.24) is 15.8 Å². The van der Waals surface area contributed by atoms with E-state index < -0.39 is 50.3 Å². The number of hydrogen-bond acceptors (Lipinski definition) is 7. The van der Waals surface area contributed by atoms with Gasteiger partial charge in [0.15, 0.2) is 0 Å². The molecule has 1 heterocycles. The molecule has 0 aliphatic rings. The van der Waals surface area contributed by atoms with Gasteiger partial charge in [-0.2, -0.15) is 13.2 Å². The molecule has 1 aromatic heterocycles. The number of aromatic nitrogens is 1. The number of rotatable bonds is 9. The standard InChI is InChI=1S/C17H20ClFN6O5S.C2HF3O2/c1-9-6-10(7-14(26)22-4-5-30-24-17(20)21)15(16(27)23-9)25-31(28,29)13-3-2-11(19)8-12(13)18;3-2(4,5)1(6)7/h2-3,6,8,25H,4-5,7H2,1H3,(H,22,26)(H,23,27)(H4,20,21,24);(H,6,7). The van der Waals surface area contributed by atoms with Gasteiger partial charge in [-0.15, -0.1) is 0 Å². The number of carboxylic acid groups (broad SMARTS) is 1. The maximum absolute atomic E-state index is 13.2. The summed E-state index contributed by atoms with van der Waals surface area (Å²) in [5.74, 6) is -4.40. The van der Waals surface area contributed by atoms with Gasteiger partial charge in [-0.05, 0) is 36.8 Å². The fourth-order valence-corrected chi connectivity index (χ4v) is 4.13. The van der Waals surface area contributed by atoms with Gasteiger partial charge in [0, 0.05) is 12.2 Å². The molecular formula is C19H21ClF4N6O7S. The summed E-state index contributed by atoms with van der Waals surface area (Å²) >= 11 is 5.82. The molecule has 0 spiro atoms. The van der Waals surface area contributed by atoms with Crippen molar-refractivity contribution in [2.45, 2.75) is 24.4 Å². The predicted octanol–water partition coefficient (Wildman–Crippen LogP) is 0.983. The monoisotopic (exact) mass is 588 g/mol. The number of hydroxylamine groups is 1. The number of benzene rings is 1. The van der Waals surface area contributed by atoms with Crippen LogP contribution in [0.5, 0.6) is 0 Å². The van der Waals surface area contributed by atoms with Crippen molar-refractivity contribution in [2.75, 3.05) is 17.9 Å². The second-order valence-electron chi connectivity index (χ2n) is 7.06.